The topological polar surface area (TPSA) is 78.4 Å². The fourth-order valence-corrected chi connectivity index (χ4v) is 2.68. The van der Waals surface area contributed by atoms with Gasteiger partial charge in [0.25, 0.3) is 10.2 Å². The molecule has 1 rings (SSSR count). The Balaban J connectivity index is 2.91. The monoisotopic (exact) mass is 258 g/mol. The van der Waals surface area contributed by atoms with Gasteiger partial charge in [0.05, 0.1) is 12.3 Å². The number of nitrogens with one attached hydrogen (secondary N) is 2. The summed E-state index contributed by atoms with van der Waals surface area (Å²) < 4.78 is 28.4. The van der Waals surface area contributed by atoms with E-state index in [0.717, 1.165) is 0 Å². The highest BCUT2D eigenvalue weighted by atomic mass is 32.2. The van der Waals surface area contributed by atoms with Crippen LogP contribution in [0.3, 0.4) is 0 Å². The highest BCUT2D eigenvalue weighted by molar-refractivity contribution is 7.90. The Morgan fingerprint density at radius 2 is 1.82 bits per heavy atom. The van der Waals surface area contributed by atoms with E-state index in [0.29, 0.717) is 11.3 Å². The number of para-hydroxylation sites is 1. The van der Waals surface area contributed by atoms with Crippen molar-refractivity contribution >= 4 is 15.9 Å². The van der Waals surface area contributed by atoms with Crippen LogP contribution in [0.15, 0.2) is 24.3 Å². The first kappa shape index (κ1) is 14.0. The first-order valence-corrected chi connectivity index (χ1v) is 6.72. The maximum atomic E-state index is 11.8. The molecule has 0 aliphatic carbocycles. The lowest BCUT2D eigenvalue weighted by atomic mass is 10.1. The molecule has 0 fully saturated rings. The third kappa shape index (κ3) is 4.72. The molecule has 1 aromatic carbocycles. The molecule has 0 unspecified atom stereocenters. The minimum atomic E-state index is -3.64. The molecule has 96 valence electrons. The number of anilines is 1. The molecule has 0 amide bonds. The third-order valence-corrected chi connectivity index (χ3v) is 3.24. The molecule has 0 saturated carbocycles. The molecule has 0 spiro atoms. The Morgan fingerprint density at radius 3 is 2.35 bits per heavy atom. The first-order valence-electron chi connectivity index (χ1n) is 5.24. The van der Waals surface area contributed by atoms with Gasteiger partial charge in [-0.25, -0.2) is 0 Å². The van der Waals surface area contributed by atoms with Gasteiger partial charge in [-0.1, -0.05) is 18.2 Å². The molecular weight excluding hydrogens is 240 g/mol. The maximum Gasteiger partial charge on any atom is 0.299 e. The van der Waals surface area contributed by atoms with Crippen LogP contribution in [0.2, 0.25) is 0 Å². The molecule has 17 heavy (non-hydrogen) atoms. The molecule has 3 N–H and O–H groups in total. The summed E-state index contributed by atoms with van der Waals surface area (Å²) in [6, 6.07) is 6.71. The number of hydrogen-bond acceptors (Lipinski definition) is 3. The fraction of sp³-hybridized carbons (Fsp3) is 0.455. The standard InChI is InChI=1S/C11H18N2O3S/c1-11(2,3)13-17(15,16)12-10-7-5-4-6-9(10)8-14/h4-7,12-14H,8H2,1-3H3. The molecule has 0 bridgehead atoms. The third-order valence-electron chi connectivity index (χ3n) is 1.87. The summed E-state index contributed by atoms with van der Waals surface area (Å²) in [5.41, 5.74) is 0.360. The van der Waals surface area contributed by atoms with Crippen molar-refractivity contribution in [3.63, 3.8) is 0 Å². The molecule has 6 heteroatoms. The molecule has 0 aromatic heterocycles. The normalized spacial score (nSPS) is 12.5. The van der Waals surface area contributed by atoms with Gasteiger partial charge in [-0.05, 0) is 26.8 Å². The van der Waals surface area contributed by atoms with Crippen molar-refractivity contribution in [1.29, 1.82) is 0 Å². The van der Waals surface area contributed by atoms with Crippen molar-refractivity contribution in [2.24, 2.45) is 0 Å². The highest BCUT2D eigenvalue weighted by Gasteiger charge is 2.20. The van der Waals surface area contributed by atoms with Crippen LogP contribution in [-0.2, 0) is 16.8 Å². The summed E-state index contributed by atoms with van der Waals surface area (Å²) in [6.45, 7) is 5.05. The Labute approximate surface area is 102 Å². The van der Waals surface area contributed by atoms with E-state index < -0.39 is 15.7 Å². The average molecular weight is 258 g/mol. The van der Waals surface area contributed by atoms with Crippen molar-refractivity contribution in [1.82, 2.24) is 4.72 Å². The zero-order valence-electron chi connectivity index (χ0n) is 10.2. The molecule has 5 nitrogen and oxygen atoms in total. The van der Waals surface area contributed by atoms with Crippen molar-refractivity contribution in [3.8, 4) is 0 Å². The van der Waals surface area contributed by atoms with Crippen LogP contribution in [0.1, 0.15) is 26.3 Å². The van der Waals surface area contributed by atoms with Gasteiger partial charge in [0.15, 0.2) is 0 Å². The molecule has 1 aromatic rings. The molecule has 0 aliphatic heterocycles. The lowest BCUT2D eigenvalue weighted by Crippen LogP contribution is -2.43. The predicted molar refractivity (Wildman–Crippen MR) is 67.8 cm³/mol. The second-order valence-corrected chi connectivity index (χ2v) is 6.19. The van der Waals surface area contributed by atoms with Gasteiger partial charge in [0.2, 0.25) is 0 Å². The minimum absolute atomic E-state index is 0.214. The predicted octanol–water partition coefficient (Wildman–Crippen LogP) is 1.22. The van der Waals surface area contributed by atoms with Crippen LogP contribution in [0, 0.1) is 0 Å². The summed E-state index contributed by atoms with van der Waals surface area (Å²) in [5.74, 6) is 0. The van der Waals surface area contributed by atoms with Crippen LogP contribution in [-0.4, -0.2) is 19.1 Å². The van der Waals surface area contributed by atoms with E-state index in [4.69, 9.17) is 5.11 Å². The number of hydrogen-bond donors (Lipinski definition) is 3. The van der Waals surface area contributed by atoms with Crippen molar-refractivity contribution in [2.45, 2.75) is 32.9 Å². The van der Waals surface area contributed by atoms with Crippen LogP contribution in [0.5, 0.6) is 0 Å². The minimum Gasteiger partial charge on any atom is -0.392 e. The van der Waals surface area contributed by atoms with Gasteiger partial charge < -0.3 is 5.11 Å². The van der Waals surface area contributed by atoms with E-state index in [1.54, 1.807) is 45.0 Å². The number of rotatable bonds is 4. The van der Waals surface area contributed by atoms with Gasteiger partial charge in [-0.3, -0.25) is 4.72 Å². The van der Waals surface area contributed by atoms with Crippen LogP contribution in [0.25, 0.3) is 0 Å². The van der Waals surface area contributed by atoms with E-state index in [1.807, 2.05) is 0 Å². The fourth-order valence-electron chi connectivity index (χ4n) is 1.33. The van der Waals surface area contributed by atoms with Crippen molar-refractivity contribution in [2.75, 3.05) is 4.72 Å². The molecule has 0 atom stereocenters. The summed E-state index contributed by atoms with van der Waals surface area (Å²) >= 11 is 0. The maximum absolute atomic E-state index is 11.8. The largest absolute Gasteiger partial charge is 0.392 e. The second-order valence-electron chi connectivity index (χ2n) is 4.77. The number of aliphatic hydroxyl groups is 1. The molecular formula is C11H18N2O3S. The SMILES string of the molecule is CC(C)(C)NS(=O)(=O)Nc1ccccc1CO. The zero-order chi connectivity index (χ0) is 13.1. The van der Waals surface area contributed by atoms with E-state index in [9.17, 15) is 8.42 Å². The van der Waals surface area contributed by atoms with Crippen LogP contribution in [0.4, 0.5) is 5.69 Å². The molecule has 0 saturated heterocycles. The van der Waals surface area contributed by atoms with Crippen molar-refractivity contribution < 1.29 is 13.5 Å². The Kier molecular flexibility index (Phi) is 4.13. The highest BCUT2D eigenvalue weighted by Crippen LogP contribution is 2.16. The average Bonchev–Trinajstić information content (AvgIpc) is 2.14. The number of benzene rings is 1. The summed E-state index contributed by atoms with van der Waals surface area (Å²) in [4.78, 5) is 0. The summed E-state index contributed by atoms with van der Waals surface area (Å²) in [7, 11) is -3.64. The van der Waals surface area contributed by atoms with Crippen molar-refractivity contribution in [3.05, 3.63) is 29.8 Å². The lowest BCUT2D eigenvalue weighted by Gasteiger charge is -2.21. The second kappa shape index (κ2) is 5.03. The molecule has 0 heterocycles. The molecule has 0 radical (unpaired) electrons. The van der Waals surface area contributed by atoms with Gasteiger partial charge in [0, 0.05) is 11.1 Å². The summed E-state index contributed by atoms with van der Waals surface area (Å²) in [6.07, 6.45) is 0. The van der Waals surface area contributed by atoms with Gasteiger partial charge in [-0.15, -0.1) is 0 Å². The summed E-state index contributed by atoms with van der Waals surface area (Å²) in [5, 5.41) is 9.09. The van der Waals surface area contributed by atoms with Gasteiger partial charge >= 0.3 is 0 Å². The molecule has 0 aliphatic rings. The van der Waals surface area contributed by atoms with Crippen LogP contribution >= 0.6 is 0 Å². The first-order chi connectivity index (χ1) is 7.73. The zero-order valence-corrected chi connectivity index (χ0v) is 11.0. The van der Waals surface area contributed by atoms with Crippen LogP contribution < -0.4 is 9.44 Å². The van der Waals surface area contributed by atoms with E-state index >= 15 is 0 Å². The van der Waals surface area contributed by atoms with E-state index in [2.05, 4.69) is 9.44 Å². The lowest BCUT2D eigenvalue weighted by molar-refractivity contribution is 0.282. The Morgan fingerprint density at radius 1 is 1.24 bits per heavy atom. The van der Waals surface area contributed by atoms with E-state index in [1.165, 1.54) is 0 Å². The van der Waals surface area contributed by atoms with Gasteiger partial charge in [0.1, 0.15) is 0 Å². The Hall–Kier alpha value is -1.11. The smallest absolute Gasteiger partial charge is 0.299 e. The number of aliphatic hydroxyl groups excluding tert-OH is 1. The van der Waals surface area contributed by atoms with E-state index in [-0.39, 0.29) is 6.61 Å². The quantitative estimate of drug-likeness (QED) is 0.760. The Bertz CT molecular complexity index is 478. The van der Waals surface area contributed by atoms with Gasteiger partial charge in [-0.2, -0.15) is 13.1 Å².